The molecule has 0 fully saturated rings. The van der Waals surface area contributed by atoms with Gasteiger partial charge in [-0.15, -0.1) is 0 Å². The number of hydrogen-bond acceptors (Lipinski definition) is 3. The van der Waals surface area contributed by atoms with Crippen LogP contribution in [0.4, 0.5) is 8.78 Å². The molecule has 2 aromatic rings. The Hall–Kier alpha value is -2.43. The van der Waals surface area contributed by atoms with Crippen molar-refractivity contribution in [3.8, 4) is 11.5 Å². The van der Waals surface area contributed by atoms with Gasteiger partial charge in [0.25, 0.3) is 0 Å². The molecule has 0 atom stereocenters. The number of rotatable bonds is 4. The van der Waals surface area contributed by atoms with Crippen LogP contribution in [-0.4, -0.2) is 11.4 Å². The van der Waals surface area contributed by atoms with Crippen LogP contribution in [-0.2, 0) is 6.61 Å². The van der Waals surface area contributed by atoms with Gasteiger partial charge >= 0.3 is 0 Å². The predicted octanol–water partition coefficient (Wildman–Crippen LogP) is 3.06. The quantitative estimate of drug-likeness (QED) is 0.863. The van der Waals surface area contributed by atoms with E-state index in [1.807, 2.05) is 0 Å². The first kappa shape index (κ1) is 13.0. The van der Waals surface area contributed by atoms with Gasteiger partial charge in [0, 0.05) is 5.56 Å². The maximum Gasteiger partial charge on any atom is 0.161 e. The molecule has 0 aliphatic carbocycles. The number of halogens is 2. The van der Waals surface area contributed by atoms with Gasteiger partial charge in [0.1, 0.15) is 24.5 Å². The summed E-state index contributed by atoms with van der Waals surface area (Å²) in [7, 11) is 0. The van der Waals surface area contributed by atoms with Crippen LogP contribution in [0, 0.1) is 11.6 Å². The number of ether oxygens (including phenoxy) is 1. The average molecular weight is 264 g/mol. The van der Waals surface area contributed by atoms with E-state index >= 15 is 0 Å². The summed E-state index contributed by atoms with van der Waals surface area (Å²) in [6.07, 6.45) is 0.569. The van der Waals surface area contributed by atoms with E-state index in [2.05, 4.69) is 0 Å². The van der Waals surface area contributed by atoms with Crippen molar-refractivity contribution in [3.05, 3.63) is 59.2 Å². The maximum atomic E-state index is 13.3. The third-order valence-electron chi connectivity index (χ3n) is 2.55. The average Bonchev–Trinajstić information content (AvgIpc) is 2.39. The number of carbonyl (C=O) groups is 1. The normalized spacial score (nSPS) is 10.2. The van der Waals surface area contributed by atoms with E-state index in [9.17, 15) is 18.7 Å². The molecule has 0 saturated heterocycles. The van der Waals surface area contributed by atoms with E-state index in [0.29, 0.717) is 6.29 Å². The van der Waals surface area contributed by atoms with Gasteiger partial charge in [-0.2, -0.15) is 0 Å². The molecule has 0 aromatic heterocycles. The van der Waals surface area contributed by atoms with Crippen LogP contribution in [0.25, 0.3) is 0 Å². The molecular formula is C14H10F2O3. The zero-order valence-electron chi connectivity index (χ0n) is 9.77. The van der Waals surface area contributed by atoms with Crippen molar-refractivity contribution in [2.45, 2.75) is 6.61 Å². The van der Waals surface area contributed by atoms with Gasteiger partial charge in [0.15, 0.2) is 11.5 Å². The fraction of sp³-hybridized carbons (Fsp3) is 0.0714. The highest BCUT2D eigenvalue weighted by atomic mass is 19.1. The van der Waals surface area contributed by atoms with Crippen molar-refractivity contribution in [3.63, 3.8) is 0 Å². The van der Waals surface area contributed by atoms with E-state index in [0.717, 1.165) is 12.1 Å². The molecule has 0 spiro atoms. The van der Waals surface area contributed by atoms with Crippen LogP contribution in [0.3, 0.4) is 0 Å². The Labute approximate surface area is 108 Å². The Kier molecular flexibility index (Phi) is 3.75. The molecule has 0 aliphatic heterocycles. The minimum atomic E-state index is -0.719. The highest BCUT2D eigenvalue weighted by Gasteiger charge is 2.10. The van der Waals surface area contributed by atoms with Crippen molar-refractivity contribution in [2.24, 2.45) is 0 Å². The van der Waals surface area contributed by atoms with Crippen LogP contribution >= 0.6 is 0 Å². The lowest BCUT2D eigenvalue weighted by molar-refractivity contribution is 0.112. The first-order chi connectivity index (χ1) is 9.11. The van der Waals surface area contributed by atoms with Crippen LogP contribution in [0.5, 0.6) is 11.5 Å². The lowest BCUT2D eigenvalue weighted by Crippen LogP contribution is -2.02. The smallest absolute Gasteiger partial charge is 0.161 e. The summed E-state index contributed by atoms with van der Waals surface area (Å²) in [4.78, 5) is 10.5. The largest absolute Gasteiger partial charge is 0.504 e. The summed E-state index contributed by atoms with van der Waals surface area (Å²) < 4.78 is 31.8. The van der Waals surface area contributed by atoms with Crippen LogP contribution in [0.15, 0.2) is 36.4 Å². The first-order valence-corrected chi connectivity index (χ1v) is 5.45. The molecule has 5 heteroatoms. The highest BCUT2D eigenvalue weighted by Crippen LogP contribution is 2.27. The number of phenolic OH excluding ortho intramolecular Hbond substituents is 1. The Morgan fingerprint density at radius 3 is 2.42 bits per heavy atom. The van der Waals surface area contributed by atoms with E-state index < -0.39 is 11.6 Å². The second kappa shape index (κ2) is 5.48. The van der Waals surface area contributed by atoms with E-state index in [-0.39, 0.29) is 29.2 Å². The van der Waals surface area contributed by atoms with Gasteiger partial charge in [-0.05, 0) is 30.3 Å². The molecule has 0 aliphatic rings. The Morgan fingerprint density at radius 1 is 1.16 bits per heavy atom. The Balaban J connectivity index is 2.17. The molecule has 0 bridgehead atoms. The minimum absolute atomic E-state index is 0.0493. The van der Waals surface area contributed by atoms with Crippen molar-refractivity contribution in [1.29, 1.82) is 0 Å². The molecule has 19 heavy (non-hydrogen) atoms. The standard InChI is InChI=1S/C14H10F2O3/c15-11-2-1-3-12(16)10(11)8-19-14-5-4-9(7-17)6-13(14)18/h1-7,18H,8H2. The highest BCUT2D eigenvalue weighted by molar-refractivity contribution is 5.76. The molecular weight excluding hydrogens is 254 g/mol. The number of aromatic hydroxyl groups is 1. The molecule has 0 radical (unpaired) electrons. The monoisotopic (exact) mass is 264 g/mol. The fourth-order valence-electron chi connectivity index (χ4n) is 1.55. The summed E-state index contributed by atoms with van der Waals surface area (Å²) in [5, 5.41) is 9.57. The van der Waals surface area contributed by atoms with Gasteiger partial charge in [-0.3, -0.25) is 4.79 Å². The second-order valence-corrected chi connectivity index (χ2v) is 3.83. The van der Waals surface area contributed by atoms with E-state index in [1.165, 1.54) is 24.3 Å². The summed E-state index contributed by atoms with van der Waals surface area (Å²) >= 11 is 0. The third kappa shape index (κ3) is 2.88. The molecule has 3 nitrogen and oxygen atoms in total. The van der Waals surface area contributed by atoms with Crippen LogP contribution in [0.2, 0.25) is 0 Å². The van der Waals surface area contributed by atoms with E-state index in [1.54, 1.807) is 0 Å². The fourth-order valence-corrected chi connectivity index (χ4v) is 1.55. The number of benzene rings is 2. The molecule has 2 rings (SSSR count). The third-order valence-corrected chi connectivity index (χ3v) is 2.55. The molecule has 0 unspecified atom stereocenters. The molecule has 1 N–H and O–H groups in total. The van der Waals surface area contributed by atoms with Gasteiger partial charge in [-0.1, -0.05) is 6.07 Å². The number of phenols is 1. The number of hydrogen-bond donors (Lipinski definition) is 1. The summed E-state index contributed by atoms with van der Waals surface area (Å²) in [5.74, 6) is -1.65. The Morgan fingerprint density at radius 2 is 1.84 bits per heavy atom. The van der Waals surface area contributed by atoms with Crippen LogP contribution < -0.4 is 4.74 Å². The zero-order chi connectivity index (χ0) is 13.8. The Bertz CT molecular complexity index is 591. The molecule has 0 amide bonds. The van der Waals surface area contributed by atoms with Crippen LogP contribution in [0.1, 0.15) is 15.9 Å². The molecule has 0 heterocycles. The van der Waals surface area contributed by atoms with Crippen molar-refractivity contribution in [1.82, 2.24) is 0 Å². The predicted molar refractivity (Wildman–Crippen MR) is 64.2 cm³/mol. The lowest BCUT2D eigenvalue weighted by atomic mass is 10.2. The second-order valence-electron chi connectivity index (χ2n) is 3.83. The van der Waals surface area contributed by atoms with E-state index in [4.69, 9.17) is 4.74 Å². The summed E-state index contributed by atoms with van der Waals surface area (Å²) in [6, 6.07) is 7.50. The molecule has 0 saturated carbocycles. The number of carbonyl (C=O) groups excluding carboxylic acids is 1. The molecule has 98 valence electrons. The van der Waals surface area contributed by atoms with Crippen molar-refractivity contribution < 1.29 is 23.4 Å². The van der Waals surface area contributed by atoms with Gasteiger partial charge in [-0.25, -0.2) is 8.78 Å². The number of aldehydes is 1. The van der Waals surface area contributed by atoms with Gasteiger partial charge in [0.2, 0.25) is 0 Å². The zero-order valence-corrected chi connectivity index (χ0v) is 9.77. The summed E-state index contributed by atoms with van der Waals surface area (Å²) in [5.41, 5.74) is 0.0586. The topological polar surface area (TPSA) is 46.5 Å². The lowest BCUT2D eigenvalue weighted by Gasteiger charge is -2.09. The van der Waals surface area contributed by atoms with Gasteiger partial charge < -0.3 is 9.84 Å². The first-order valence-electron chi connectivity index (χ1n) is 5.45. The van der Waals surface area contributed by atoms with Crippen molar-refractivity contribution in [2.75, 3.05) is 0 Å². The summed E-state index contributed by atoms with van der Waals surface area (Å²) in [6.45, 7) is -0.355. The minimum Gasteiger partial charge on any atom is -0.504 e. The van der Waals surface area contributed by atoms with Gasteiger partial charge in [0.05, 0.1) is 5.56 Å². The molecule has 2 aromatic carbocycles. The maximum absolute atomic E-state index is 13.3. The van der Waals surface area contributed by atoms with Crippen molar-refractivity contribution >= 4 is 6.29 Å². The SMILES string of the molecule is O=Cc1ccc(OCc2c(F)cccc2F)c(O)c1.